The van der Waals surface area contributed by atoms with Crippen LogP contribution in [0.3, 0.4) is 0 Å². The van der Waals surface area contributed by atoms with Crippen molar-refractivity contribution in [2.24, 2.45) is 5.41 Å². The number of carboxylic acids is 1. The van der Waals surface area contributed by atoms with Crippen molar-refractivity contribution in [3.63, 3.8) is 0 Å². The second-order valence-electron chi connectivity index (χ2n) is 11.7. The Bertz CT molecular complexity index is 1390. The lowest BCUT2D eigenvalue weighted by molar-refractivity contribution is -0.000954. The number of anilines is 1. The van der Waals surface area contributed by atoms with E-state index in [-0.39, 0.29) is 16.0 Å². The van der Waals surface area contributed by atoms with E-state index in [0.717, 1.165) is 36.5 Å². The number of carbonyl (C=O) groups excluding carboxylic acids is 1. The number of hydrogen-bond donors (Lipinski definition) is 1. The highest BCUT2D eigenvalue weighted by molar-refractivity contribution is 6.31. The van der Waals surface area contributed by atoms with Crippen LogP contribution in [0.2, 0.25) is 5.02 Å². The highest BCUT2D eigenvalue weighted by atomic mass is 35.5. The smallest absolute Gasteiger partial charge is 0.415 e. The lowest BCUT2D eigenvalue weighted by Crippen LogP contribution is -2.46. The van der Waals surface area contributed by atoms with Crippen LogP contribution in [0, 0.1) is 11.2 Å². The minimum Gasteiger partial charge on any atom is -0.478 e. The lowest BCUT2D eigenvalue weighted by atomic mass is 9.91. The Balaban J connectivity index is 1.29. The van der Waals surface area contributed by atoms with E-state index in [0.29, 0.717) is 31.6 Å². The van der Waals surface area contributed by atoms with Gasteiger partial charge in [-0.2, -0.15) is 5.10 Å². The molecule has 1 spiro atoms. The van der Waals surface area contributed by atoms with E-state index in [1.54, 1.807) is 29.2 Å². The molecule has 0 saturated carbocycles. The number of piperidine rings is 1. The number of aromatic carboxylic acids is 1. The zero-order valence-electron chi connectivity index (χ0n) is 22.3. The number of benzene rings is 2. The van der Waals surface area contributed by atoms with Gasteiger partial charge in [0, 0.05) is 62.0 Å². The standard InChI is InChI=1S/C29H32ClFN4O4/c1-28(2,3)17-34-16-21(25(32-34)20-6-9-24(31)23(30)14-20)15-33-12-10-29(11-13-33)18-35(27(38)39-29)22-7-4-19(5-8-22)26(36)37/h4-9,14,16H,10-13,15,17-18H2,1-3H3,(H,36,37). The molecule has 10 heteroatoms. The van der Waals surface area contributed by atoms with Gasteiger partial charge in [0.1, 0.15) is 11.4 Å². The summed E-state index contributed by atoms with van der Waals surface area (Å²) in [6.45, 7) is 9.73. The highest BCUT2D eigenvalue weighted by Crippen LogP contribution is 2.37. The molecule has 2 aliphatic rings. The minimum atomic E-state index is -1.01. The summed E-state index contributed by atoms with van der Waals surface area (Å²) in [5.74, 6) is -1.47. The summed E-state index contributed by atoms with van der Waals surface area (Å²) in [5, 5.41) is 14.0. The van der Waals surface area contributed by atoms with Gasteiger partial charge in [-0.05, 0) is 47.9 Å². The van der Waals surface area contributed by atoms with Crippen LogP contribution in [0.4, 0.5) is 14.9 Å². The van der Waals surface area contributed by atoms with E-state index in [9.17, 15) is 14.0 Å². The average molecular weight is 555 g/mol. The van der Waals surface area contributed by atoms with Crippen molar-refractivity contribution >= 4 is 29.4 Å². The molecule has 2 aromatic carbocycles. The Kier molecular flexibility index (Phi) is 7.15. The molecule has 5 rings (SSSR count). The van der Waals surface area contributed by atoms with Crippen LogP contribution >= 0.6 is 11.6 Å². The second-order valence-corrected chi connectivity index (χ2v) is 12.1. The largest absolute Gasteiger partial charge is 0.478 e. The van der Waals surface area contributed by atoms with Crippen molar-refractivity contribution in [2.75, 3.05) is 24.5 Å². The Morgan fingerprint density at radius 2 is 1.85 bits per heavy atom. The maximum Gasteiger partial charge on any atom is 0.415 e. The number of rotatable bonds is 6. The summed E-state index contributed by atoms with van der Waals surface area (Å²) in [6.07, 6.45) is 3.00. The van der Waals surface area contributed by atoms with Crippen LogP contribution in [0.5, 0.6) is 0 Å². The first kappa shape index (κ1) is 27.1. The molecule has 0 bridgehead atoms. The predicted molar refractivity (Wildman–Crippen MR) is 147 cm³/mol. The maximum atomic E-state index is 13.8. The SMILES string of the molecule is CC(C)(C)Cn1cc(CN2CCC3(CC2)CN(c2ccc(C(=O)O)cc2)C(=O)O3)c(-c2ccc(F)c(Cl)c2)n1. The molecule has 2 aliphatic heterocycles. The summed E-state index contributed by atoms with van der Waals surface area (Å²) in [5.41, 5.74) is 2.83. The van der Waals surface area contributed by atoms with Crippen molar-refractivity contribution in [2.45, 2.75) is 52.3 Å². The molecule has 0 radical (unpaired) electrons. The van der Waals surface area contributed by atoms with E-state index in [2.05, 4.69) is 31.9 Å². The Hall–Kier alpha value is -3.43. The number of carbonyl (C=O) groups is 2. The van der Waals surface area contributed by atoms with Gasteiger partial charge >= 0.3 is 12.1 Å². The van der Waals surface area contributed by atoms with E-state index < -0.39 is 23.5 Å². The van der Waals surface area contributed by atoms with Crippen LogP contribution < -0.4 is 4.90 Å². The average Bonchev–Trinajstić information content (AvgIpc) is 3.41. The molecule has 1 N–H and O–H groups in total. The molecule has 0 atom stereocenters. The number of likely N-dealkylation sites (tertiary alicyclic amines) is 1. The Labute approximate surface area is 231 Å². The van der Waals surface area contributed by atoms with Crippen LogP contribution in [-0.2, 0) is 17.8 Å². The Morgan fingerprint density at radius 1 is 1.15 bits per heavy atom. The first-order valence-corrected chi connectivity index (χ1v) is 13.4. The fourth-order valence-electron chi connectivity index (χ4n) is 5.26. The predicted octanol–water partition coefficient (Wildman–Crippen LogP) is 6.08. The summed E-state index contributed by atoms with van der Waals surface area (Å²) in [4.78, 5) is 27.8. The molecule has 1 aromatic heterocycles. The fraction of sp³-hybridized carbons (Fsp3) is 0.414. The topological polar surface area (TPSA) is 87.9 Å². The lowest BCUT2D eigenvalue weighted by Gasteiger charge is -2.37. The number of amides is 1. The summed E-state index contributed by atoms with van der Waals surface area (Å²) < 4.78 is 21.7. The molecule has 1 amide bonds. The van der Waals surface area contributed by atoms with Gasteiger partial charge in [0.15, 0.2) is 0 Å². The van der Waals surface area contributed by atoms with E-state index in [1.165, 1.54) is 18.2 Å². The number of ether oxygens (including phenoxy) is 1. The zero-order chi connectivity index (χ0) is 27.9. The number of hydrogen-bond acceptors (Lipinski definition) is 5. The maximum absolute atomic E-state index is 13.8. The number of halogens is 2. The van der Waals surface area contributed by atoms with Crippen molar-refractivity contribution < 1.29 is 23.8 Å². The highest BCUT2D eigenvalue weighted by Gasteiger charge is 2.47. The molecule has 3 aromatic rings. The van der Waals surface area contributed by atoms with Crippen molar-refractivity contribution in [3.05, 3.63) is 70.6 Å². The van der Waals surface area contributed by atoms with E-state index >= 15 is 0 Å². The number of aromatic nitrogens is 2. The second kappa shape index (κ2) is 10.3. The molecular formula is C29H32ClFN4O4. The monoisotopic (exact) mass is 554 g/mol. The van der Waals surface area contributed by atoms with Crippen LogP contribution in [0.25, 0.3) is 11.3 Å². The molecule has 3 heterocycles. The van der Waals surface area contributed by atoms with Gasteiger partial charge in [0.2, 0.25) is 0 Å². The summed E-state index contributed by atoms with van der Waals surface area (Å²) in [7, 11) is 0. The van der Waals surface area contributed by atoms with Gasteiger partial charge in [-0.1, -0.05) is 32.4 Å². The Morgan fingerprint density at radius 3 is 2.46 bits per heavy atom. The quantitative estimate of drug-likeness (QED) is 0.397. The van der Waals surface area contributed by atoms with Crippen LogP contribution in [-0.4, -0.2) is 57.1 Å². The van der Waals surface area contributed by atoms with Gasteiger partial charge in [-0.25, -0.2) is 14.0 Å². The minimum absolute atomic E-state index is 0.0324. The van der Waals surface area contributed by atoms with Crippen molar-refractivity contribution in [3.8, 4) is 11.3 Å². The van der Waals surface area contributed by atoms with E-state index in [1.807, 2.05) is 4.68 Å². The normalized spacial score (nSPS) is 17.6. The third kappa shape index (κ3) is 5.94. The molecule has 0 aliphatic carbocycles. The molecule has 2 saturated heterocycles. The molecule has 8 nitrogen and oxygen atoms in total. The molecule has 0 unspecified atom stereocenters. The van der Waals surface area contributed by atoms with Gasteiger partial charge in [-0.3, -0.25) is 14.5 Å². The van der Waals surface area contributed by atoms with Crippen LogP contribution in [0.15, 0.2) is 48.7 Å². The third-order valence-electron chi connectivity index (χ3n) is 7.22. The summed E-state index contributed by atoms with van der Waals surface area (Å²) >= 11 is 6.09. The molecule has 39 heavy (non-hydrogen) atoms. The number of carboxylic acid groups (broad SMARTS) is 1. The van der Waals surface area contributed by atoms with Crippen molar-refractivity contribution in [1.82, 2.24) is 14.7 Å². The van der Waals surface area contributed by atoms with Gasteiger partial charge in [-0.15, -0.1) is 0 Å². The zero-order valence-corrected chi connectivity index (χ0v) is 23.0. The number of nitrogens with zero attached hydrogens (tertiary/aromatic N) is 4. The summed E-state index contributed by atoms with van der Waals surface area (Å²) in [6, 6.07) is 10.9. The van der Waals surface area contributed by atoms with Gasteiger partial charge in [0.25, 0.3) is 0 Å². The van der Waals surface area contributed by atoms with E-state index in [4.69, 9.17) is 26.5 Å². The molecular weight excluding hydrogens is 523 g/mol. The van der Waals surface area contributed by atoms with Crippen molar-refractivity contribution in [1.29, 1.82) is 0 Å². The van der Waals surface area contributed by atoms with Gasteiger partial charge < -0.3 is 9.84 Å². The first-order chi connectivity index (χ1) is 18.4. The molecule has 206 valence electrons. The fourth-order valence-corrected chi connectivity index (χ4v) is 5.44. The first-order valence-electron chi connectivity index (χ1n) is 13.0. The van der Waals surface area contributed by atoms with Gasteiger partial charge in [0.05, 0.1) is 22.8 Å². The third-order valence-corrected chi connectivity index (χ3v) is 7.51. The van der Waals surface area contributed by atoms with Crippen LogP contribution in [0.1, 0.15) is 49.5 Å². The molecule has 2 fully saturated rings.